The molecule has 2 atom stereocenters. The smallest absolute Gasteiger partial charge is 0.416 e. The molecule has 0 amide bonds. The molecule has 2 saturated heterocycles. The number of halogens is 3. The van der Waals surface area contributed by atoms with Gasteiger partial charge in [0, 0.05) is 19.0 Å². The molecule has 3 aliphatic heterocycles. The van der Waals surface area contributed by atoms with Gasteiger partial charge >= 0.3 is 11.9 Å². The Kier molecular flexibility index (Phi) is 4.98. The van der Waals surface area contributed by atoms with Gasteiger partial charge in [0.15, 0.2) is 0 Å². The second kappa shape index (κ2) is 7.99. The topological polar surface area (TPSA) is 89.6 Å². The van der Waals surface area contributed by atoms with Crippen LogP contribution in [-0.4, -0.2) is 34.3 Å². The highest BCUT2D eigenvalue weighted by Crippen LogP contribution is 2.46. The average Bonchev–Trinajstić information content (AvgIpc) is 3.52. The number of nitriles is 1. The number of hydrogen-bond donors (Lipinski definition) is 0. The van der Waals surface area contributed by atoms with E-state index in [2.05, 4.69) is 9.88 Å². The molecule has 11 heteroatoms. The van der Waals surface area contributed by atoms with E-state index in [1.165, 1.54) is 12.1 Å². The minimum Gasteiger partial charge on any atom is -0.473 e. The van der Waals surface area contributed by atoms with E-state index < -0.39 is 11.7 Å². The number of fused-ring (bicyclic) bond motifs is 3. The maximum Gasteiger partial charge on any atom is 0.416 e. The second-order valence-electron chi connectivity index (χ2n) is 9.15. The van der Waals surface area contributed by atoms with Gasteiger partial charge in [-0.25, -0.2) is 4.79 Å². The first-order valence-electron chi connectivity index (χ1n) is 11.3. The number of benzene rings is 2. The van der Waals surface area contributed by atoms with Gasteiger partial charge in [0.2, 0.25) is 5.88 Å². The van der Waals surface area contributed by atoms with Crippen molar-refractivity contribution in [3.05, 3.63) is 75.7 Å². The number of alkyl halides is 3. The van der Waals surface area contributed by atoms with E-state index in [0.29, 0.717) is 18.7 Å². The molecule has 0 unspecified atom stereocenters. The number of anilines is 1. The first-order chi connectivity index (χ1) is 17.2. The van der Waals surface area contributed by atoms with Crippen LogP contribution in [0.1, 0.15) is 23.1 Å². The first-order valence-corrected chi connectivity index (χ1v) is 11.3. The lowest BCUT2D eigenvalue weighted by Crippen LogP contribution is -2.46. The van der Waals surface area contributed by atoms with Gasteiger partial charge in [0.25, 0.3) is 0 Å². The van der Waals surface area contributed by atoms with Gasteiger partial charge in [-0.3, -0.25) is 4.57 Å². The van der Waals surface area contributed by atoms with E-state index in [9.17, 15) is 23.2 Å². The van der Waals surface area contributed by atoms with Crippen molar-refractivity contribution in [1.29, 1.82) is 5.26 Å². The van der Waals surface area contributed by atoms with Crippen LogP contribution in [0.2, 0.25) is 0 Å². The van der Waals surface area contributed by atoms with Crippen LogP contribution >= 0.6 is 0 Å². The third-order valence-electron chi connectivity index (χ3n) is 6.81. The first kappa shape index (κ1) is 22.4. The van der Waals surface area contributed by atoms with E-state index in [1.54, 1.807) is 28.8 Å². The normalized spacial score (nSPS) is 21.7. The molecule has 36 heavy (non-hydrogen) atoms. The van der Waals surface area contributed by atoms with E-state index in [1.807, 2.05) is 6.07 Å². The molecule has 3 aliphatic rings. The van der Waals surface area contributed by atoms with Crippen LogP contribution in [0.4, 0.5) is 19.0 Å². The van der Waals surface area contributed by atoms with Crippen LogP contribution in [0.15, 0.2) is 53.3 Å². The fourth-order valence-corrected chi connectivity index (χ4v) is 5.10. The molecule has 0 N–H and O–H groups in total. The molecule has 1 spiro atoms. The fraction of sp³-hybridized carbons (Fsp3) is 0.320. The number of morpholine rings is 1. The minimum absolute atomic E-state index is 0.0576. The van der Waals surface area contributed by atoms with Crippen molar-refractivity contribution < 1.29 is 27.4 Å². The third kappa shape index (κ3) is 3.74. The Morgan fingerprint density at radius 1 is 1.19 bits per heavy atom. The minimum atomic E-state index is -4.44. The Labute approximate surface area is 203 Å². The Balaban J connectivity index is 1.16. The van der Waals surface area contributed by atoms with Crippen molar-refractivity contribution in [3.8, 4) is 23.4 Å². The quantitative estimate of drug-likeness (QED) is 0.530. The highest BCUT2D eigenvalue weighted by molar-refractivity contribution is 5.53. The summed E-state index contributed by atoms with van der Waals surface area (Å²) in [5, 5.41) is 9.55. The lowest BCUT2D eigenvalue weighted by molar-refractivity contribution is -0.137. The van der Waals surface area contributed by atoms with Crippen LogP contribution in [0.5, 0.6) is 17.4 Å². The van der Waals surface area contributed by atoms with Crippen molar-refractivity contribution in [3.63, 3.8) is 0 Å². The number of hydrogen-bond acceptors (Lipinski definition) is 7. The van der Waals surface area contributed by atoms with Crippen LogP contribution in [0.25, 0.3) is 0 Å². The van der Waals surface area contributed by atoms with Gasteiger partial charge < -0.3 is 19.1 Å². The molecule has 6 rings (SSSR count). The number of aromatic nitrogens is 2. The lowest BCUT2D eigenvalue weighted by atomic mass is 10.0. The lowest BCUT2D eigenvalue weighted by Gasteiger charge is -2.32. The van der Waals surface area contributed by atoms with Crippen molar-refractivity contribution in [2.75, 3.05) is 18.1 Å². The van der Waals surface area contributed by atoms with Crippen molar-refractivity contribution in [1.82, 2.24) is 9.55 Å². The SMILES string of the molecule is N#Cc1cc(COc2cc3n(c(=O)n2)C[C@@]24CO[C@@H](CN32)C4)ccc1Oc1ccc(C(F)(F)F)cc1. The summed E-state index contributed by atoms with van der Waals surface area (Å²) in [5.74, 6) is 1.33. The molecule has 184 valence electrons. The third-order valence-corrected chi connectivity index (χ3v) is 6.81. The summed E-state index contributed by atoms with van der Waals surface area (Å²) in [4.78, 5) is 18.9. The average molecular weight is 496 g/mol. The molecule has 0 saturated carbocycles. The Morgan fingerprint density at radius 3 is 2.72 bits per heavy atom. The van der Waals surface area contributed by atoms with E-state index in [-0.39, 0.29) is 46.9 Å². The Bertz CT molecular complexity index is 1450. The highest BCUT2D eigenvalue weighted by Gasteiger charge is 2.56. The van der Waals surface area contributed by atoms with Gasteiger partial charge in [0.1, 0.15) is 30.0 Å². The second-order valence-corrected chi connectivity index (χ2v) is 9.15. The summed E-state index contributed by atoms with van der Waals surface area (Å²) in [6.07, 6.45) is -3.37. The Morgan fingerprint density at radius 2 is 2.00 bits per heavy atom. The van der Waals surface area contributed by atoms with E-state index in [4.69, 9.17) is 14.2 Å². The van der Waals surface area contributed by atoms with E-state index in [0.717, 1.165) is 30.9 Å². The number of nitrogens with zero attached hydrogens (tertiary/aromatic N) is 4. The summed E-state index contributed by atoms with van der Waals surface area (Å²) in [6.45, 7) is 1.93. The van der Waals surface area contributed by atoms with Crippen molar-refractivity contribution >= 4 is 5.82 Å². The molecule has 4 heterocycles. The molecular formula is C25H19F3N4O4. The zero-order valence-corrected chi connectivity index (χ0v) is 18.8. The van der Waals surface area contributed by atoms with Crippen LogP contribution < -0.4 is 20.1 Å². The summed E-state index contributed by atoms with van der Waals surface area (Å²) in [5.41, 5.74) is -0.523. The predicted molar refractivity (Wildman–Crippen MR) is 120 cm³/mol. The van der Waals surface area contributed by atoms with Gasteiger partial charge in [-0.2, -0.15) is 23.4 Å². The van der Waals surface area contributed by atoms with Crippen LogP contribution in [0.3, 0.4) is 0 Å². The van der Waals surface area contributed by atoms with Gasteiger partial charge in [-0.05, 0) is 42.0 Å². The summed E-state index contributed by atoms with van der Waals surface area (Å²) in [6, 6.07) is 12.8. The Hall–Kier alpha value is -4.04. The van der Waals surface area contributed by atoms with Gasteiger partial charge in [-0.1, -0.05) is 6.07 Å². The molecule has 8 nitrogen and oxygen atoms in total. The fourth-order valence-electron chi connectivity index (χ4n) is 5.10. The standard InChI is InChI=1S/C25H19F3N4O4/c26-25(27,28)17-2-4-18(5-3-17)36-20-6-1-15(7-16(20)10-29)12-34-21-8-22-31(23(33)30-21)13-24-9-19(35-14-24)11-32(22)24/h1-8,19H,9,11-14H2/t19-,24+/m1/s1. The monoisotopic (exact) mass is 496 g/mol. The number of rotatable bonds is 5. The zero-order valence-electron chi connectivity index (χ0n) is 18.8. The van der Waals surface area contributed by atoms with E-state index >= 15 is 0 Å². The maximum atomic E-state index is 12.8. The predicted octanol–water partition coefficient (Wildman–Crippen LogP) is 3.87. The molecule has 1 aromatic heterocycles. The molecule has 0 aliphatic carbocycles. The zero-order chi connectivity index (χ0) is 25.1. The van der Waals surface area contributed by atoms with Gasteiger partial charge in [-0.15, -0.1) is 0 Å². The largest absolute Gasteiger partial charge is 0.473 e. The maximum absolute atomic E-state index is 12.8. The summed E-state index contributed by atoms with van der Waals surface area (Å²) in [7, 11) is 0. The van der Waals surface area contributed by atoms with Gasteiger partial charge in [0.05, 0.1) is 35.9 Å². The van der Waals surface area contributed by atoms with Crippen molar-refractivity contribution in [2.24, 2.45) is 0 Å². The molecule has 2 fully saturated rings. The van der Waals surface area contributed by atoms with Crippen LogP contribution in [0, 0.1) is 11.3 Å². The molecular weight excluding hydrogens is 477 g/mol. The molecule has 2 bridgehead atoms. The summed E-state index contributed by atoms with van der Waals surface area (Å²) < 4.78 is 57.1. The summed E-state index contributed by atoms with van der Waals surface area (Å²) >= 11 is 0. The molecule has 0 radical (unpaired) electrons. The molecule has 3 aromatic rings. The highest BCUT2D eigenvalue weighted by atomic mass is 19.4. The van der Waals surface area contributed by atoms with Crippen LogP contribution in [-0.2, 0) is 24.1 Å². The van der Waals surface area contributed by atoms with Crippen molar-refractivity contribution in [2.45, 2.75) is 37.4 Å². The molecule has 2 aromatic carbocycles. The number of ether oxygens (including phenoxy) is 3.